The van der Waals surface area contributed by atoms with Gasteiger partial charge in [-0.1, -0.05) is 18.2 Å². The SMILES string of the molecule is O=C(NC[C@H]1CCOc2ccccc21)c1cnn(C2CCC2)c1. The zero-order valence-corrected chi connectivity index (χ0v) is 13.1. The van der Waals surface area contributed by atoms with E-state index in [1.165, 1.54) is 24.8 Å². The lowest BCUT2D eigenvalue weighted by Crippen LogP contribution is -2.30. The molecule has 2 heterocycles. The molecular weight excluding hydrogens is 290 g/mol. The molecule has 1 N–H and O–H groups in total. The van der Waals surface area contributed by atoms with Crippen LogP contribution in [0.3, 0.4) is 0 Å². The molecule has 2 aromatic rings. The van der Waals surface area contributed by atoms with Gasteiger partial charge in [0.25, 0.3) is 5.91 Å². The lowest BCUT2D eigenvalue weighted by molar-refractivity contribution is 0.0948. The first-order valence-corrected chi connectivity index (χ1v) is 8.35. The van der Waals surface area contributed by atoms with Crippen LogP contribution in [0.25, 0.3) is 0 Å². The molecule has 2 aliphatic rings. The van der Waals surface area contributed by atoms with Gasteiger partial charge >= 0.3 is 0 Å². The number of para-hydroxylation sites is 1. The van der Waals surface area contributed by atoms with Crippen molar-refractivity contribution >= 4 is 5.91 Å². The number of nitrogens with one attached hydrogen (secondary N) is 1. The van der Waals surface area contributed by atoms with E-state index in [-0.39, 0.29) is 5.91 Å². The number of nitrogens with zero attached hydrogens (tertiary/aromatic N) is 2. The standard InChI is InChI=1S/C18H21N3O2/c22-18(14-11-20-21(12-14)15-4-3-5-15)19-10-13-8-9-23-17-7-2-1-6-16(13)17/h1-2,6-7,11-13,15H,3-5,8-10H2,(H,19,22)/t13-/m1/s1. The second-order valence-corrected chi connectivity index (χ2v) is 6.38. The van der Waals surface area contributed by atoms with Crippen molar-refractivity contribution in [3.8, 4) is 5.75 Å². The Morgan fingerprint density at radius 3 is 3.00 bits per heavy atom. The summed E-state index contributed by atoms with van der Waals surface area (Å²) in [5, 5.41) is 7.38. The van der Waals surface area contributed by atoms with Crippen molar-refractivity contribution in [1.82, 2.24) is 15.1 Å². The highest BCUT2D eigenvalue weighted by molar-refractivity contribution is 5.93. The van der Waals surface area contributed by atoms with Crippen LogP contribution in [0, 0.1) is 0 Å². The maximum absolute atomic E-state index is 12.3. The summed E-state index contributed by atoms with van der Waals surface area (Å²) in [6.07, 6.45) is 8.07. The summed E-state index contributed by atoms with van der Waals surface area (Å²) in [6, 6.07) is 8.56. The molecule has 0 spiro atoms. The van der Waals surface area contributed by atoms with Crippen LogP contribution in [0.1, 0.15) is 53.6 Å². The highest BCUT2D eigenvalue weighted by atomic mass is 16.5. The Balaban J connectivity index is 1.39. The Labute approximate surface area is 135 Å². The summed E-state index contributed by atoms with van der Waals surface area (Å²) in [5.74, 6) is 1.21. The van der Waals surface area contributed by atoms with Gasteiger partial charge < -0.3 is 10.1 Å². The number of carbonyl (C=O) groups is 1. The minimum absolute atomic E-state index is 0.0421. The molecule has 0 saturated heterocycles. The van der Waals surface area contributed by atoms with Crippen LogP contribution in [-0.2, 0) is 0 Å². The maximum Gasteiger partial charge on any atom is 0.254 e. The van der Waals surface area contributed by atoms with Crippen molar-refractivity contribution in [2.24, 2.45) is 0 Å². The van der Waals surface area contributed by atoms with E-state index in [0.29, 0.717) is 30.7 Å². The van der Waals surface area contributed by atoms with Crippen molar-refractivity contribution in [2.45, 2.75) is 37.6 Å². The van der Waals surface area contributed by atoms with Gasteiger partial charge in [-0.2, -0.15) is 5.10 Å². The molecule has 0 unspecified atom stereocenters. The zero-order valence-electron chi connectivity index (χ0n) is 13.1. The fourth-order valence-electron chi connectivity index (χ4n) is 3.25. The van der Waals surface area contributed by atoms with Crippen molar-refractivity contribution in [2.75, 3.05) is 13.2 Å². The Morgan fingerprint density at radius 2 is 2.17 bits per heavy atom. The average molecular weight is 311 g/mol. The van der Waals surface area contributed by atoms with Crippen LogP contribution in [0.2, 0.25) is 0 Å². The fourth-order valence-corrected chi connectivity index (χ4v) is 3.25. The van der Waals surface area contributed by atoms with Crippen molar-refractivity contribution in [3.63, 3.8) is 0 Å². The molecule has 1 aliphatic heterocycles. The average Bonchev–Trinajstić information content (AvgIpc) is 3.00. The number of aromatic nitrogens is 2. The van der Waals surface area contributed by atoms with E-state index in [1.807, 2.05) is 29.1 Å². The van der Waals surface area contributed by atoms with E-state index in [9.17, 15) is 4.79 Å². The minimum atomic E-state index is -0.0421. The summed E-state index contributed by atoms with van der Waals surface area (Å²) in [7, 11) is 0. The molecule has 1 aliphatic carbocycles. The lowest BCUT2D eigenvalue weighted by atomic mass is 9.93. The first-order chi connectivity index (χ1) is 11.3. The molecular formula is C18H21N3O2. The summed E-state index contributed by atoms with van der Waals surface area (Å²) >= 11 is 0. The third kappa shape index (κ3) is 2.83. The second-order valence-electron chi connectivity index (χ2n) is 6.38. The molecule has 1 atom stereocenters. The minimum Gasteiger partial charge on any atom is -0.493 e. The molecule has 1 fully saturated rings. The Morgan fingerprint density at radius 1 is 1.30 bits per heavy atom. The van der Waals surface area contributed by atoms with Gasteiger partial charge in [0.05, 0.1) is 24.4 Å². The molecule has 120 valence electrons. The van der Waals surface area contributed by atoms with Crippen LogP contribution < -0.4 is 10.1 Å². The van der Waals surface area contributed by atoms with Crippen molar-refractivity contribution < 1.29 is 9.53 Å². The van der Waals surface area contributed by atoms with Crippen molar-refractivity contribution in [1.29, 1.82) is 0 Å². The monoisotopic (exact) mass is 311 g/mol. The van der Waals surface area contributed by atoms with E-state index in [1.54, 1.807) is 6.20 Å². The largest absolute Gasteiger partial charge is 0.493 e. The molecule has 1 aromatic carbocycles. The van der Waals surface area contributed by atoms with Gasteiger partial charge in [0.2, 0.25) is 0 Å². The normalized spacial score (nSPS) is 20.3. The highest BCUT2D eigenvalue weighted by Crippen LogP contribution is 2.33. The number of carbonyl (C=O) groups excluding carboxylic acids is 1. The maximum atomic E-state index is 12.3. The van der Waals surface area contributed by atoms with Crippen LogP contribution in [0.4, 0.5) is 0 Å². The Hall–Kier alpha value is -2.30. The van der Waals surface area contributed by atoms with Crippen LogP contribution >= 0.6 is 0 Å². The van der Waals surface area contributed by atoms with E-state index < -0.39 is 0 Å². The van der Waals surface area contributed by atoms with Gasteiger partial charge in [-0.3, -0.25) is 9.48 Å². The number of amides is 1. The summed E-state index contributed by atoms with van der Waals surface area (Å²) in [6.45, 7) is 1.34. The molecule has 1 aromatic heterocycles. The highest BCUT2D eigenvalue weighted by Gasteiger charge is 2.23. The Kier molecular flexibility index (Phi) is 3.77. The zero-order chi connectivity index (χ0) is 15.6. The quantitative estimate of drug-likeness (QED) is 0.944. The Bertz CT molecular complexity index is 706. The summed E-state index contributed by atoms with van der Waals surface area (Å²) < 4.78 is 7.60. The third-order valence-electron chi connectivity index (χ3n) is 4.90. The summed E-state index contributed by atoms with van der Waals surface area (Å²) in [5.41, 5.74) is 1.83. The number of benzene rings is 1. The van der Waals surface area contributed by atoms with Crippen molar-refractivity contribution in [3.05, 3.63) is 47.8 Å². The number of fused-ring (bicyclic) bond motifs is 1. The first kappa shape index (κ1) is 14.3. The molecule has 4 rings (SSSR count). The lowest BCUT2D eigenvalue weighted by Gasteiger charge is -2.26. The van der Waals surface area contributed by atoms with Gasteiger partial charge in [-0.05, 0) is 37.3 Å². The van der Waals surface area contributed by atoms with E-state index in [4.69, 9.17) is 4.74 Å². The molecule has 1 saturated carbocycles. The smallest absolute Gasteiger partial charge is 0.254 e. The van der Waals surface area contributed by atoms with Gasteiger partial charge in [-0.15, -0.1) is 0 Å². The van der Waals surface area contributed by atoms with Gasteiger partial charge in [0.15, 0.2) is 0 Å². The third-order valence-corrected chi connectivity index (χ3v) is 4.90. The van der Waals surface area contributed by atoms with E-state index >= 15 is 0 Å². The number of rotatable bonds is 4. The first-order valence-electron chi connectivity index (χ1n) is 8.35. The molecule has 0 radical (unpaired) electrons. The van der Waals surface area contributed by atoms with E-state index in [2.05, 4.69) is 16.5 Å². The van der Waals surface area contributed by atoms with E-state index in [0.717, 1.165) is 12.2 Å². The molecule has 23 heavy (non-hydrogen) atoms. The number of hydrogen-bond donors (Lipinski definition) is 1. The second kappa shape index (κ2) is 6.07. The van der Waals surface area contributed by atoms with Gasteiger partial charge in [0.1, 0.15) is 5.75 Å². The topological polar surface area (TPSA) is 56.1 Å². The molecule has 5 nitrogen and oxygen atoms in total. The van der Waals surface area contributed by atoms with Gasteiger partial charge in [-0.25, -0.2) is 0 Å². The number of hydrogen-bond acceptors (Lipinski definition) is 3. The fraction of sp³-hybridized carbons (Fsp3) is 0.444. The molecule has 0 bridgehead atoms. The molecule has 5 heteroatoms. The van der Waals surface area contributed by atoms with Crippen LogP contribution in [0.15, 0.2) is 36.7 Å². The molecule has 1 amide bonds. The predicted molar refractivity (Wildman–Crippen MR) is 86.7 cm³/mol. The van der Waals surface area contributed by atoms with Crippen LogP contribution in [-0.4, -0.2) is 28.8 Å². The van der Waals surface area contributed by atoms with Gasteiger partial charge in [0, 0.05) is 18.7 Å². The summed E-state index contributed by atoms with van der Waals surface area (Å²) in [4.78, 5) is 12.3. The predicted octanol–water partition coefficient (Wildman–Crippen LogP) is 2.90. The number of ether oxygens (including phenoxy) is 1. The van der Waals surface area contributed by atoms with Crippen LogP contribution in [0.5, 0.6) is 5.75 Å².